The molecule has 0 saturated carbocycles. The highest BCUT2D eigenvalue weighted by Gasteiger charge is 2.32. The number of nitrogens with one attached hydrogen (secondary N) is 1. The first kappa shape index (κ1) is 14.3. The van der Waals surface area contributed by atoms with Gasteiger partial charge in [-0.05, 0) is 26.8 Å². The maximum atomic E-state index is 5.78. The Bertz CT molecular complexity index is 420. The Labute approximate surface area is 115 Å². The number of methoxy groups -OCH3 is 1. The molecule has 1 fully saturated rings. The summed E-state index contributed by atoms with van der Waals surface area (Å²) in [5.74, 6) is 0.450. The predicted molar refractivity (Wildman–Crippen MR) is 74.3 cm³/mol. The van der Waals surface area contributed by atoms with Crippen molar-refractivity contribution in [2.24, 2.45) is 0 Å². The lowest BCUT2D eigenvalue weighted by Gasteiger charge is -2.20. The van der Waals surface area contributed by atoms with Crippen LogP contribution < -0.4 is 10.1 Å². The van der Waals surface area contributed by atoms with E-state index in [2.05, 4.69) is 18.3 Å². The maximum absolute atomic E-state index is 5.78. The Morgan fingerprint density at radius 1 is 1.42 bits per heavy atom. The molecule has 106 valence electrons. The highest BCUT2D eigenvalue weighted by atomic mass is 16.7. The van der Waals surface area contributed by atoms with Gasteiger partial charge in [0.05, 0.1) is 19.8 Å². The van der Waals surface area contributed by atoms with Crippen molar-refractivity contribution in [2.45, 2.75) is 38.7 Å². The van der Waals surface area contributed by atoms with Gasteiger partial charge in [-0.3, -0.25) is 0 Å². The molecule has 1 aromatic rings. The second-order valence-electron chi connectivity index (χ2n) is 5.32. The summed E-state index contributed by atoms with van der Waals surface area (Å²) in [6.07, 6.45) is 0.104. The fourth-order valence-corrected chi connectivity index (χ4v) is 2.31. The molecule has 0 aliphatic carbocycles. The average molecular weight is 265 g/mol. The van der Waals surface area contributed by atoms with E-state index in [0.29, 0.717) is 6.61 Å². The molecule has 4 heteroatoms. The SMILES string of the molecule is COc1ccccc1C(C)NCC1COC(C)(C)O1. The second kappa shape index (κ2) is 5.90. The van der Waals surface area contributed by atoms with Gasteiger partial charge < -0.3 is 19.5 Å². The van der Waals surface area contributed by atoms with Gasteiger partial charge in [-0.15, -0.1) is 0 Å². The minimum atomic E-state index is -0.458. The van der Waals surface area contributed by atoms with Gasteiger partial charge in [-0.1, -0.05) is 18.2 Å². The monoisotopic (exact) mass is 265 g/mol. The topological polar surface area (TPSA) is 39.7 Å². The predicted octanol–water partition coefficient (Wildman–Crippen LogP) is 2.50. The number of hydrogen-bond acceptors (Lipinski definition) is 4. The summed E-state index contributed by atoms with van der Waals surface area (Å²) in [4.78, 5) is 0. The molecule has 1 heterocycles. The van der Waals surface area contributed by atoms with Crippen LogP contribution in [-0.4, -0.2) is 32.2 Å². The molecule has 0 bridgehead atoms. The lowest BCUT2D eigenvalue weighted by Crippen LogP contribution is -2.32. The zero-order valence-corrected chi connectivity index (χ0v) is 12.1. The van der Waals surface area contributed by atoms with Crippen molar-refractivity contribution in [3.05, 3.63) is 29.8 Å². The van der Waals surface area contributed by atoms with Crippen LogP contribution in [0.5, 0.6) is 5.75 Å². The fourth-order valence-electron chi connectivity index (χ4n) is 2.31. The van der Waals surface area contributed by atoms with Crippen molar-refractivity contribution in [2.75, 3.05) is 20.3 Å². The Morgan fingerprint density at radius 3 is 2.79 bits per heavy atom. The Kier molecular flexibility index (Phi) is 4.45. The molecular formula is C15H23NO3. The molecule has 0 aromatic heterocycles. The smallest absolute Gasteiger partial charge is 0.163 e. The molecule has 0 radical (unpaired) electrons. The van der Waals surface area contributed by atoms with Crippen molar-refractivity contribution in [3.63, 3.8) is 0 Å². The third-order valence-electron chi connectivity index (χ3n) is 3.32. The summed E-state index contributed by atoms with van der Waals surface area (Å²) < 4.78 is 16.7. The van der Waals surface area contributed by atoms with Gasteiger partial charge in [0.15, 0.2) is 5.79 Å². The first-order valence-electron chi connectivity index (χ1n) is 6.70. The van der Waals surface area contributed by atoms with Crippen molar-refractivity contribution in [1.82, 2.24) is 5.32 Å². The molecule has 1 aliphatic heterocycles. The van der Waals surface area contributed by atoms with Crippen LogP contribution in [-0.2, 0) is 9.47 Å². The highest BCUT2D eigenvalue weighted by molar-refractivity contribution is 5.35. The molecule has 1 saturated heterocycles. The summed E-state index contributed by atoms with van der Waals surface area (Å²) in [5.41, 5.74) is 1.16. The van der Waals surface area contributed by atoms with E-state index in [-0.39, 0.29) is 12.1 Å². The molecule has 2 rings (SSSR count). The van der Waals surface area contributed by atoms with E-state index in [9.17, 15) is 0 Å². The number of ether oxygens (including phenoxy) is 3. The molecule has 4 nitrogen and oxygen atoms in total. The minimum Gasteiger partial charge on any atom is -0.496 e. The van der Waals surface area contributed by atoms with E-state index in [0.717, 1.165) is 17.9 Å². The number of rotatable bonds is 5. The van der Waals surface area contributed by atoms with E-state index in [1.54, 1.807) is 7.11 Å². The molecule has 0 amide bonds. The van der Waals surface area contributed by atoms with Crippen molar-refractivity contribution >= 4 is 0 Å². The van der Waals surface area contributed by atoms with Gasteiger partial charge in [-0.2, -0.15) is 0 Å². The molecule has 19 heavy (non-hydrogen) atoms. The third kappa shape index (κ3) is 3.69. The molecule has 2 unspecified atom stereocenters. The molecule has 2 atom stereocenters. The van der Waals surface area contributed by atoms with Crippen LogP contribution in [0.2, 0.25) is 0 Å². The van der Waals surface area contributed by atoms with Crippen molar-refractivity contribution < 1.29 is 14.2 Å². The summed E-state index contributed by atoms with van der Waals surface area (Å²) >= 11 is 0. The molecule has 1 aliphatic rings. The van der Waals surface area contributed by atoms with Gasteiger partial charge in [-0.25, -0.2) is 0 Å². The number of benzene rings is 1. The molecule has 0 spiro atoms. The van der Waals surface area contributed by atoms with Crippen LogP contribution in [0.3, 0.4) is 0 Å². The van der Waals surface area contributed by atoms with Crippen LogP contribution in [0.4, 0.5) is 0 Å². The van der Waals surface area contributed by atoms with Gasteiger partial charge in [0.1, 0.15) is 5.75 Å². The van der Waals surface area contributed by atoms with Gasteiger partial charge >= 0.3 is 0 Å². The first-order valence-corrected chi connectivity index (χ1v) is 6.70. The van der Waals surface area contributed by atoms with Crippen molar-refractivity contribution in [1.29, 1.82) is 0 Å². The van der Waals surface area contributed by atoms with Gasteiger partial charge in [0, 0.05) is 18.2 Å². The van der Waals surface area contributed by atoms with Crippen LogP contribution in [0.15, 0.2) is 24.3 Å². The second-order valence-corrected chi connectivity index (χ2v) is 5.32. The molecular weight excluding hydrogens is 242 g/mol. The van der Waals surface area contributed by atoms with Crippen LogP contribution in [0, 0.1) is 0 Å². The van der Waals surface area contributed by atoms with Crippen molar-refractivity contribution in [3.8, 4) is 5.75 Å². The normalized spacial score (nSPS) is 23.3. The quantitative estimate of drug-likeness (QED) is 0.888. The van der Waals surface area contributed by atoms with Gasteiger partial charge in [0.2, 0.25) is 0 Å². The lowest BCUT2D eigenvalue weighted by molar-refractivity contribution is -0.137. The summed E-state index contributed by atoms with van der Waals surface area (Å²) in [5, 5.41) is 3.47. The van der Waals surface area contributed by atoms with Crippen LogP contribution in [0.1, 0.15) is 32.4 Å². The third-order valence-corrected chi connectivity index (χ3v) is 3.32. The first-order chi connectivity index (χ1) is 9.02. The zero-order chi connectivity index (χ0) is 13.9. The van der Waals surface area contributed by atoms with E-state index in [4.69, 9.17) is 14.2 Å². The summed E-state index contributed by atoms with van der Waals surface area (Å²) in [7, 11) is 1.70. The Morgan fingerprint density at radius 2 is 2.16 bits per heavy atom. The summed E-state index contributed by atoms with van der Waals surface area (Å²) in [6, 6.07) is 8.27. The number of para-hydroxylation sites is 1. The number of hydrogen-bond donors (Lipinski definition) is 1. The molecule has 1 aromatic carbocycles. The molecule has 1 N–H and O–H groups in total. The maximum Gasteiger partial charge on any atom is 0.163 e. The zero-order valence-electron chi connectivity index (χ0n) is 12.1. The summed E-state index contributed by atoms with van der Waals surface area (Å²) in [6.45, 7) is 7.41. The minimum absolute atomic E-state index is 0.104. The fraction of sp³-hybridized carbons (Fsp3) is 0.600. The van der Waals surface area contributed by atoms with E-state index in [1.165, 1.54) is 0 Å². The Hall–Kier alpha value is -1.10. The standard InChI is InChI=1S/C15H23NO3/c1-11(13-7-5-6-8-14(13)17-4)16-9-12-10-18-15(2,3)19-12/h5-8,11-12,16H,9-10H2,1-4H3. The van der Waals surface area contributed by atoms with Crippen LogP contribution in [0.25, 0.3) is 0 Å². The lowest BCUT2D eigenvalue weighted by atomic mass is 10.1. The largest absolute Gasteiger partial charge is 0.496 e. The van der Waals surface area contributed by atoms with Crippen LogP contribution >= 0.6 is 0 Å². The van der Waals surface area contributed by atoms with Gasteiger partial charge in [0.25, 0.3) is 0 Å². The van der Waals surface area contributed by atoms with E-state index < -0.39 is 5.79 Å². The Balaban J connectivity index is 1.89. The average Bonchev–Trinajstić information content (AvgIpc) is 2.75. The highest BCUT2D eigenvalue weighted by Crippen LogP contribution is 2.25. The van der Waals surface area contributed by atoms with E-state index in [1.807, 2.05) is 32.0 Å². The van der Waals surface area contributed by atoms with E-state index >= 15 is 0 Å².